The van der Waals surface area contributed by atoms with Gasteiger partial charge in [0.25, 0.3) is 0 Å². The van der Waals surface area contributed by atoms with Gasteiger partial charge in [-0.15, -0.1) is 0 Å². The van der Waals surface area contributed by atoms with Gasteiger partial charge in [-0.05, 0) is 31.4 Å². The van der Waals surface area contributed by atoms with Gasteiger partial charge in [-0.25, -0.2) is 4.99 Å². The van der Waals surface area contributed by atoms with E-state index in [-0.39, 0.29) is 17.9 Å². The van der Waals surface area contributed by atoms with E-state index < -0.39 is 0 Å². The fourth-order valence-corrected chi connectivity index (χ4v) is 4.80. The van der Waals surface area contributed by atoms with Gasteiger partial charge in [0.15, 0.2) is 5.96 Å². The van der Waals surface area contributed by atoms with Crippen LogP contribution in [0.2, 0.25) is 0 Å². The summed E-state index contributed by atoms with van der Waals surface area (Å²) in [4.78, 5) is 18.1. The molecule has 1 amide bonds. The van der Waals surface area contributed by atoms with Crippen molar-refractivity contribution in [2.24, 2.45) is 16.3 Å². The fourth-order valence-electron chi connectivity index (χ4n) is 4.80. The zero-order valence-electron chi connectivity index (χ0n) is 16.2. The molecule has 0 radical (unpaired) electrons. The van der Waals surface area contributed by atoms with Crippen LogP contribution in [-0.4, -0.2) is 62.7 Å². The Bertz CT molecular complexity index is 681. The number of carbonyl (C=O) groups is 1. The Balaban J connectivity index is 1.40. The van der Waals surface area contributed by atoms with Gasteiger partial charge in [0, 0.05) is 51.0 Å². The van der Waals surface area contributed by atoms with Gasteiger partial charge in [0.1, 0.15) is 12.3 Å². The lowest BCUT2D eigenvalue weighted by molar-refractivity contribution is -0.171. The molecule has 27 heavy (non-hydrogen) atoms. The first kappa shape index (κ1) is 18.3. The van der Waals surface area contributed by atoms with E-state index in [9.17, 15) is 4.79 Å². The number of nitrogens with one attached hydrogen (secondary N) is 2. The molecule has 0 aromatic carbocycles. The SMILES string of the molecule is CN(C)C(=O)CN=C(NCCc1ccco1)NC1C2CCOC2C12CCC2. The van der Waals surface area contributed by atoms with Crippen molar-refractivity contribution < 1.29 is 13.9 Å². The van der Waals surface area contributed by atoms with Gasteiger partial charge >= 0.3 is 0 Å². The van der Waals surface area contributed by atoms with Crippen LogP contribution in [0.3, 0.4) is 0 Å². The molecular weight excluding hydrogens is 344 g/mol. The summed E-state index contributed by atoms with van der Waals surface area (Å²) in [6, 6.07) is 4.26. The zero-order valence-corrected chi connectivity index (χ0v) is 16.2. The maximum atomic E-state index is 12.0. The van der Waals surface area contributed by atoms with Crippen molar-refractivity contribution >= 4 is 11.9 Å². The summed E-state index contributed by atoms with van der Waals surface area (Å²) in [5.41, 5.74) is 0.274. The third-order valence-electron chi connectivity index (χ3n) is 6.44. The molecule has 3 atom stereocenters. The van der Waals surface area contributed by atoms with Crippen LogP contribution in [0.5, 0.6) is 0 Å². The summed E-state index contributed by atoms with van der Waals surface area (Å²) in [6.07, 6.45) is 7.72. The molecule has 0 bridgehead atoms. The van der Waals surface area contributed by atoms with E-state index in [1.165, 1.54) is 19.3 Å². The number of ether oxygens (including phenoxy) is 1. The lowest BCUT2D eigenvalue weighted by Crippen LogP contribution is -2.72. The normalized spacial score (nSPS) is 28.2. The third-order valence-corrected chi connectivity index (χ3v) is 6.44. The van der Waals surface area contributed by atoms with Gasteiger partial charge in [-0.2, -0.15) is 0 Å². The van der Waals surface area contributed by atoms with Crippen LogP contribution in [0.1, 0.15) is 31.4 Å². The van der Waals surface area contributed by atoms with Crippen molar-refractivity contribution in [3.63, 3.8) is 0 Å². The largest absolute Gasteiger partial charge is 0.469 e. The Morgan fingerprint density at radius 1 is 1.41 bits per heavy atom. The summed E-state index contributed by atoms with van der Waals surface area (Å²) in [6.45, 7) is 1.72. The summed E-state index contributed by atoms with van der Waals surface area (Å²) in [5, 5.41) is 7.03. The van der Waals surface area contributed by atoms with Crippen molar-refractivity contribution in [3.8, 4) is 0 Å². The molecule has 4 rings (SSSR count). The highest BCUT2D eigenvalue weighted by atomic mass is 16.5. The molecule has 1 aromatic rings. The van der Waals surface area contributed by atoms with Gasteiger partial charge < -0.3 is 24.7 Å². The second-order valence-corrected chi connectivity index (χ2v) is 8.16. The lowest BCUT2D eigenvalue weighted by atomic mass is 9.46. The second kappa shape index (κ2) is 7.54. The van der Waals surface area contributed by atoms with E-state index in [0.717, 1.165) is 31.2 Å². The number of nitrogens with zero attached hydrogens (tertiary/aromatic N) is 2. The van der Waals surface area contributed by atoms with E-state index in [1.54, 1.807) is 25.3 Å². The molecule has 1 aromatic heterocycles. The molecule has 1 aliphatic heterocycles. The van der Waals surface area contributed by atoms with Crippen molar-refractivity contribution in [1.82, 2.24) is 15.5 Å². The van der Waals surface area contributed by atoms with Crippen LogP contribution < -0.4 is 10.6 Å². The molecule has 7 heteroatoms. The highest BCUT2D eigenvalue weighted by Crippen LogP contribution is 2.62. The molecule has 2 aliphatic carbocycles. The predicted molar refractivity (Wildman–Crippen MR) is 102 cm³/mol. The van der Waals surface area contributed by atoms with E-state index in [2.05, 4.69) is 15.6 Å². The maximum absolute atomic E-state index is 12.0. The number of likely N-dealkylation sites (N-methyl/N-ethyl adjacent to an activating group) is 1. The minimum absolute atomic E-state index is 0.00354. The maximum Gasteiger partial charge on any atom is 0.243 e. The smallest absolute Gasteiger partial charge is 0.243 e. The number of furan rings is 1. The van der Waals surface area contributed by atoms with E-state index in [0.29, 0.717) is 24.6 Å². The Morgan fingerprint density at radius 3 is 2.93 bits per heavy atom. The zero-order chi connectivity index (χ0) is 18.9. The molecular formula is C20H30N4O3. The molecule has 148 valence electrons. The monoisotopic (exact) mass is 374 g/mol. The highest BCUT2D eigenvalue weighted by Gasteiger charge is 2.66. The van der Waals surface area contributed by atoms with Crippen molar-refractivity contribution in [1.29, 1.82) is 0 Å². The molecule has 3 unspecified atom stereocenters. The number of amides is 1. The summed E-state index contributed by atoms with van der Waals surface area (Å²) in [5.74, 6) is 2.22. The number of hydrogen-bond donors (Lipinski definition) is 2. The lowest BCUT2D eigenvalue weighted by Gasteiger charge is -2.63. The van der Waals surface area contributed by atoms with Crippen molar-refractivity contribution in [2.75, 3.05) is 33.8 Å². The first-order valence-corrected chi connectivity index (χ1v) is 9.99. The Kier molecular flexibility index (Phi) is 5.12. The quantitative estimate of drug-likeness (QED) is 0.581. The predicted octanol–water partition coefficient (Wildman–Crippen LogP) is 1.40. The fraction of sp³-hybridized carbons (Fsp3) is 0.700. The molecule has 3 fully saturated rings. The first-order chi connectivity index (χ1) is 13.1. The van der Waals surface area contributed by atoms with Crippen molar-refractivity contribution in [3.05, 3.63) is 24.2 Å². The van der Waals surface area contributed by atoms with Crippen LogP contribution in [0.25, 0.3) is 0 Å². The Hall–Kier alpha value is -2.02. The molecule has 1 saturated heterocycles. The molecule has 3 aliphatic rings. The summed E-state index contributed by atoms with van der Waals surface area (Å²) >= 11 is 0. The number of rotatable bonds is 6. The highest BCUT2D eigenvalue weighted by molar-refractivity contribution is 5.85. The molecule has 7 nitrogen and oxygen atoms in total. The average Bonchev–Trinajstić information content (AvgIpc) is 3.25. The van der Waals surface area contributed by atoms with Gasteiger partial charge in [-0.1, -0.05) is 6.42 Å². The topological polar surface area (TPSA) is 79.1 Å². The average molecular weight is 374 g/mol. The van der Waals surface area contributed by atoms with Crippen LogP contribution in [0, 0.1) is 11.3 Å². The van der Waals surface area contributed by atoms with Gasteiger partial charge in [0.05, 0.1) is 12.4 Å². The van der Waals surface area contributed by atoms with Gasteiger partial charge in [0.2, 0.25) is 5.91 Å². The van der Waals surface area contributed by atoms with Gasteiger partial charge in [-0.3, -0.25) is 4.79 Å². The van der Waals surface area contributed by atoms with Crippen molar-refractivity contribution in [2.45, 2.75) is 44.2 Å². The Labute approximate surface area is 160 Å². The molecule has 2 heterocycles. The second-order valence-electron chi connectivity index (χ2n) is 8.16. The number of hydrogen-bond acceptors (Lipinski definition) is 4. The third kappa shape index (κ3) is 3.45. The number of fused-ring (bicyclic) bond motifs is 2. The van der Waals surface area contributed by atoms with Crippen LogP contribution >= 0.6 is 0 Å². The first-order valence-electron chi connectivity index (χ1n) is 9.99. The number of aliphatic imine (C=N–C) groups is 1. The van der Waals surface area contributed by atoms with E-state index >= 15 is 0 Å². The molecule has 2 N–H and O–H groups in total. The van der Waals surface area contributed by atoms with Crippen LogP contribution in [-0.2, 0) is 16.0 Å². The summed E-state index contributed by atoms with van der Waals surface area (Å²) < 4.78 is 11.4. The minimum atomic E-state index is -0.00354. The molecule has 1 spiro atoms. The van der Waals surface area contributed by atoms with Crippen LogP contribution in [0.4, 0.5) is 0 Å². The van der Waals surface area contributed by atoms with E-state index in [4.69, 9.17) is 9.15 Å². The number of carbonyl (C=O) groups excluding carboxylic acids is 1. The summed E-state index contributed by atoms with van der Waals surface area (Å²) in [7, 11) is 3.51. The standard InChI is InChI=1S/C20H30N4O3/c1-24(2)16(25)13-22-19(21-10-6-14-5-3-11-26-14)23-17-15-7-12-27-18(15)20(17)8-4-9-20/h3,5,11,15,17-18H,4,6-10,12-13H2,1-2H3,(H2,21,22,23). The van der Waals surface area contributed by atoms with Crippen LogP contribution in [0.15, 0.2) is 27.8 Å². The molecule has 2 saturated carbocycles. The Morgan fingerprint density at radius 2 is 2.26 bits per heavy atom. The minimum Gasteiger partial charge on any atom is -0.469 e. The number of guanidine groups is 1. The van der Waals surface area contributed by atoms with E-state index in [1.807, 2.05) is 12.1 Å².